The highest BCUT2D eigenvalue weighted by Crippen LogP contribution is 2.20. The van der Waals surface area contributed by atoms with Crippen LogP contribution in [0.3, 0.4) is 0 Å². The lowest BCUT2D eigenvalue weighted by Crippen LogP contribution is -2.44. The van der Waals surface area contributed by atoms with Gasteiger partial charge in [-0.2, -0.15) is 4.98 Å². The molecule has 8 nitrogen and oxygen atoms in total. The molecule has 8 heteroatoms. The zero-order valence-electron chi connectivity index (χ0n) is 14.4. The van der Waals surface area contributed by atoms with Crippen molar-refractivity contribution in [3.63, 3.8) is 0 Å². The van der Waals surface area contributed by atoms with E-state index in [0.29, 0.717) is 23.7 Å². The van der Waals surface area contributed by atoms with Gasteiger partial charge >= 0.3 is 5.69 Å². The summed E-state index contributed by atoms with van der Waals surface area (Å²) in [5, 5.41) is 3.29. The van der Waals surface area contributed by atoms with Crippen LogP contribution in [0.5, 0.6) is 0 Å². The molecule has 2 aromatic rings. The highest BCUT2D eigenvalue weighted by atomic mass is 16.2. The molecule has 3 heterocycles. The fraction of sp³-hybridized carbons (Fsp3) is 0.471. The zero-order valence-corrected chi connectivity index (χ0v) is 14.4. The second-order valence-electron chi connectivity index (χ2n) is 5.77. The Morgan fingerprint density at radius 1 is 1.20 bits per heavy atom. The molecule has 1 aliphatic heterocycles. The summed E-state index contributed by atoms with van der Waals surface area (Å²) in [6.45, 7) is 5.33. The van der Waals surface area contributed by atoms with Crippen LogP contribution in [0, 0.1) is 24.2 Å². The van der Waals surface area contributed by atoms with Crippen molar-refractivity contribution in [2.75, 3.05) is 31.1 Å². The number of hydrogen-bond acceptors (Lipinski definition) is 5. The Bertz CT molecular complexity index is 1020. The van der Waals surface area contributed by atoms with E-state index in [2.05, 4.69) is 33.0 Å². The zero-order chi connectivity index (χ0) is 18.0. The molecular formula is C17H20N6O2. The minimum absolute atomic E-state index is 0.0565. The van der Waals surface area contributed by atoms with E-state index in [1.807, 2.05) is 0 Å². The molecular weight excluding hydrogens is 320 g/mol. The van der Waals surface area contributed by atoms with Gasteiger partial charge in [0.15, 0.2) is 11.2 Å². The number of anilines is 1. The van der Waals surface area contributed by atoms with Crippen molar-refractivity contribution < 1.29 is 0 Å². The molecule has 130 valence electrons. The van der Waals surface area contributed by atoms with Crippen LogP contribution < -0.4 is 21.5 Å². The van der Waals surface area contributed by atoms with Crippen molar-refractivity contribution in [2.24, 2.45) is 7.05 Å². The highest BCUT2D eigenvalue weighted by Gasteiger charge is 2.23. The summed E-state index contributed by atoms with van der Waals surface area (Å²) in [5.74, 6) is 8.94. The van der Waals surface area contributed by atoms with Gasteiger partial charge in [0, 0.05) is 33.2 Å². The van der Waals surface area contributed by atoms with Crippen molar-refractivity contribution in [1.29, 1.82) is 0 Å². The molecule has 0 amide bonds. The molecule has 0 radical (unpaired) electrons. The highest BCUT2D eigenvalue weighted by molar-refractivity contribution is 5.75. The number of aromatic nitrogens is 4. The molecule has 1 N–H and O–H groups in total. The topological polar surface area (TPSA) is 77.1 Å². The van der Waals surface area contributed by atoms with Gasteiger partial charge in [-0.3, -0.25) is 18.5 Å². The molecule has 0 unspecified atom stereocenters. The van der Waals surface area contributed by atoms with E-state index in [9.17, 15) is 9.59 Å². The van der Waals surface area contributed by atoms with E-state index in [1.54, 1.807) is 11.5 Å². The lowest BCUT2D eigenvalue weighted by molar-refractivity contribution is 0.573. The maximum absolute atomic E-state index is 12.7. The van der Waals surface area contributed by atoms with Crippen molar-refractivity contribution in [2.45, 2.75) is 20.0 Å². The van der Waals surface area contributed by atoms with Crippen LogP contribution in [0.1, 0.15) is 6.92 Å². The Hall–Kier alpha value is -2.97. The van der Waals surface area contributed by atoms with Gasteiger partial charge in [0.1, 0.15) is 0 Å². The summed E-state index contributed by atoms with van der Waals surface area (Å²) in [4.78, 5) is 31.9. The van der Waals surface area contributed by atoms with Crippen molar-refractivity contribution in [3.8, 4) is 24.2 Å². The Morgan fingerprint density at radius 2 is 1.92 bits per heavy atom. The minimum atomic E-state index is -0.464. The Balaban J connectivity index is 2.35. The number of fused-ring (bicyclic) bond motifs is 1. The second kappa shape index (κ2) is 6.88. The van der Waals surface area contributed by atoms with Gasteiger partial charge in [-0.1, -0.05) is 11.8 Å². The number of nitrogens with zero attached hydrogens (tertiary/aromatic N) is 5. The summed E-state index contributed by atoms with van der Waals surface area (Å²) in [5.41, 5.74) is -0.181. The van der Waals surface area contributed by atoms with Crippen LogP contribution in [0.2, 0.25) is 0 Å². The second-order valence-corrected chi connectivity index (χ2v) is 5.77. The Labute approximate surface area is 145 Å². The van der Waals surface area contributed by atoms with Crippen molar-refractivity contribution in [3.05, 3.63) is 20.8 Å². The van der Waals surface area contributed by atoms with E-state index in [-0.39, 0.29) is 12.1 Å². The third kappa shape index (κ3) is 2.81. The molecule has 2 aromatic heterocycles. The number of terminal acetylenes is 1. The molecule has 25 heavy (non-hydrogen) atoms. The molecule has 1 fully saturated rings. The van der Waals surface area contributed by atoms with Gasteiger partial charge in [-0.15, -0.1) is 12.3 Å². The summed E-state index contributed by atoms with van der Waals surface area (Å²) in [6, 6.07) is 0. The molecule has 0 aliphatic carbocycles. The fourth-order valence-electron chi connectivity index (χ4n) is 2.99. The maximum atomic E-state index is 12.7. The standard InChI is InChI=1S/C17H20N6O2/c1-4-6-10-22-13-14(19-16(22)21-11-7-18-8-12-21)23(9-5-2)17(25)20(3)15(13)24/h2,18H,7-12H2,1,3H3. The Kier molecular flexibility index (Phi) is 4.64. The predicted molar refractivity (Wildman–Crippen MR) is 96.6 cm³/mol. The lowest BCUT2D eigenvalue weighted by atomic mass is 10.4. The van der Waals surface area contributed by atoms with Crippen LogP contribution in [-0.2, 0) is 20.1 Å². The molecule has 1 saturated heterocycles. The van der Waals surface area contributed by atoms with Gasteiger partial charge in [0.05, 0.1) is 13.1 Å². The lowest BCUT2D eigenvalue weighted by Gasteiger charge is -2.28. The van der Waals surface area contributed by atoms with E-state index < -0.39 is 5.69 Å². The van der Waals surface area contributed by atoms with Gasteiger partial charge in [0.2, 0.25) is 5.95 Å². The molecule has 0 aromatic carbocycles. The average Bonchev–Trinajstić information content (AvgIpc) is 3.01. The van der Waals surface area contributed by atoms with Crippen LogP contribution in [0.25, 0.3) is 11.2 Å². The van der Waals surface area contributed by atoms with Crippen LogP contribution in [-0.4, -0.2) is 44.9 Å². The molecule has 3 rings (SSSR count). The number of rotatable bonds is 3. The average molecular weight is 340 g/mol. The number of nitrogens with one attached hydrogen (secondary N) is 1. The Morgan fingerprint density at radius 3 is 2.56 bits per heavy atom. The maximum Gasteiger partial charge on any atom is 0.333 e. The first-order valence-corrected chi connectivity index (χ1v) is 8.09. The van der Waals surface area contributed by atoms with Crippen molar-refractivity contribution in [1.82, 2.24) is 24.0 Å². The quantitative estimate of drug-likeness (QED) is 0.723. The fourth-order valence-corrected chi connectivity index (χ4v) is 2.99. The minimum Gasteiger partial charge on any atom is -0.340 e. The van der Waals surface area contributed by atoms with E-state index in [0.717, 1.165) is 30.7 Å². The predicted octanol–water partition coefficient (Wildman–Crippen LogP) is -1.04. The van der Waals surface area contributed by atoms with Gasteiger partial charge in [0.25, 0.3) is 5.56 Å². The van der Waals surface area contributed by atoms with E-state index in [1.165, 1.54) is 11.6 Å². The summed E-state index contributed by atoms with van der Waals surface area (Å²) < 4.78 is 4.21. The number of piperazine rings is 1. The number of hydrogen-bond donors (Lipinski definition) is 1. The van der Waals surface area contributed by atoms with Gasteiger partial charge < -0.3 is 10.2 Å². The van der Waals surface area contributed by atoms with E-state index >= 15 is 0 Å². The SMILES string of the molecule is C#CCn1c(=O)n(C)c(=O)c2c1nc(N1CCNCC1)n2CC#CC. The molecule has 0 bridgehead atoms. The number of imidazole rings is 1. The van der Waals surface area contributed by atoms with Gasteiger partial charge in [-0.25, -0.2) is 4.79 Å². The first kappa shape index (κ1) is 16.9. The first-order valence-electron chi connectivity index (χ1n) is 8.09. The van der Waals surface area contributed by atoms with Gasteiger partial charge in [-0.05, 0) is 6.92 Å². The van der Waals surface area contributed by atoms with Crippen LogP contribution in [0.4, 0.5) is 5.95 Å². The molecule has 0 saturated carbocycles. The normalized spacial score (nSPS) is 14.2. The summed E-state index contributed by atoms with van der Waals surface area (Å²) in [7, 11) is 1.45. The summed E-state index contributed by atoms with van der Waals surface area (Å²) in [6.07, 6.45) is 5.40. The third-order valence-corrected chi connectivity index (χ3v) is 4.27. The van der Waals surface area contributed by atoms with Crippen LogP contribution >= 0.6 is 0 Å². The largest absolute Gasteiger partial charge is 0.340 e. The molecule has 0 spiro atoms. The molecule has 0 atom stereocenters. The van der Waals surface area contributed by atoms with Crippen LogP contribution in [0.15, 0.2) is 9.59 Å². The summed E-state index contributed by atoms with van der Waals surface area (Å²) >= 11 is 0. The monoisotopic (exact) mass is 340 g/mol. The smallest absolute Gasteiger partial charge is 0.333 e. The van der Waals surface area contributed by atoms with Crippen molar-refractivity contribution >= 4 is 17.1 Å². The third-order valence-electron chi connectivity index (χ3n) is 4.27. The van der Waals surface area contributed by atoms with E-state index in [4.69, 9.17) is 6.42 Å². The first-order chi connectivity index (χ1) is 12.1. The molecule has 1 aliphatic rings.